The highest BCUT2D eigenvalue weighted by Crippen LogP contribution is 2.47. The molecule has 1 saturated carbocycles. The molecule has 2 bridgehead atoms. The van der Waals surface area contributed by atoms with Gasteiger partial charge in [-0.2, -0.15) is 0 Å². The summed E-state index contributed by atoms with van der Waals surface area (Å²) < 4.78 is 5.41. The molecule has 2 unspecified atom stereocenters. The largest absolute Gasteiger partial charge is 0.444 e. The van der Waals surface area contributed by atoms with E-state index in [1.165, 1.54) is 0 Å². The quantitative estimate of drug-likeness (QED) is 0.782. The van der Waals surface area contributed by atoms with Crippen LogP contribution >= 0.6 is 0 Å². The maximum atomic E-state index is 12.1. The highest BCUT2D eigenvalue weighted by Gasteiger charge is 2.52. The van der Waals surface area contributed by atoms with E-state index >= 15 is 0 Å². The Morgan fingerprint density at radius 2 is 1.83 bits per heavy atom. The van der Waals surface area contributed by atoms with Gasteiger partial charge in [-0.1, -0.05) is 6.92 Å². The van der Waals surface area contributed by atoms with Gasteiger partial charge in [0.2, 0.25) is 0 Å². The molecule has 1 N–H and O–H groups in total. The molecule has 0 radical (unpaired) electrons. The van der Waals surface area contributed by atoms with Crippen molar-refractivity contribution in [3.05, 3.63) is 0 Å². The van der Waals surface area contributed by atoms with Gasteiger partial charge in [-0.25, -0.2) is 4.79 Å². The summed E-state index contributed by atoms with van der Waals surface area (Å²) in [4.78, 5) is 13.8. The minimum absolute atomic E-state index is 0.216. The highest BCUT2D eigenvalue weighted by atomic mass is 16.6. The van der Waals surface area contributed by atoms with Crippen LogP contribution in [-0.4, -0.2) is 40.4 Å². The second kappa shape index (κ2) is 4.41. The summed E-state index contributed by atoms with van der Waals surface area (Å²) in [5, 5.41) is 10.6. The molecule has 0 aromatic heterocycles. The van der Waals surface area contributed by atoms with E-state index in [4.69, 9.17) is 4.74 Å². The van der Waals surface area contributed by atoms with Crippen molar-refractivity contribution < 1.29 is 14.6 Å². The zero-order valence-corrected chi connectivity index (χ0v) is 11.9. The molecule has 2 fully saturated rings. The van der Waals surface area contributed by atoms with E-state index in [0.717, 1.165) is 19.3 Å². The van der Waals surface area contributed by atoms with Crippen LogP contribution in [0.25, 0.3) is 0 Å². The molecule has 104 valence electrons. The first kappa shape index (κ1) is 13.7. The molecule has 1 amide bonds. The van der Waals surface area contributed by atoms with Gasteiger partial charge in [-0.05, 0) is 40.0 Å². The number of hydrogen-bond donors (Lipinski definition) is 1. The molecule has 2 atom stereocenters. The molecule has 1 saturated heterocycles. The van der Waals surface area contributed by atoms with Crippen LogP contribution in [0.15, 0.2) is 0 Å². The first-order chi connectivity index (χ1) is 8.26. The SMILES string of the molecule is CCC1(O)C2CCC1CN(C(=O)OC(C)(C)C)C2. The van der Waals surface area contributed by atoms with Gasteiger partial charge in [-0.15, -0.1) is 0 Å². The zero-order valence-electron chi connectivity index (χ0n) is 11.9. The molecule has 4 nitrogen and oxygen atoms in total. The molecule has 18 heavy (non-hydrogen) atoms. The van der Waals surface area contributed by atoms with Crippen molar-refractivity contribution in [3.63, 3.8) is 0 Å². The first-order valence-electron chi connectivity index (χ1n) is 6.96. The van der Waals surface area contributed by atoms with Gasteiger partial charge in [0, 0.05) is 24.9 Å². The zero-order chi connectivity index (χ0) is 13.6. The first-order valence-corrected chi connectivity index (χ1v) is 6.96. The van der Waals surface area contributed by atoms with Crippen LogP contribution in [0.5, 0.6) is 0 Å². The predicted octanol–water partition coefficient (Wildman–Crippen LogP) is 2.40. The van der Waals surface area contributed by atoms with E-state index in [1.807, 2.05) is 27.7 Å². The number of hydrogen-bond acceptors (Lipinski definition) is 3. The molecular weight excluding hydrogens is 230 g/mol. The normalized spacial score (nSPS) is 35.7. The summed E-state index contributed by atoms with van der Waals surface area (Å²) >= 11 is 0. The summed E-state index contributed by atoms with van der Waals surface area (Å²) in [7, 11) is 0. The second-order valence-electron chi connectivity index (χ2n) is 6.70. The Hall–Kier alpha value is -0.770. The minimum Gasteiger partial charge on any atom is -0.444 e. The Balaban J connectivity index is 2.03. The molecule has 1 aliphatic carbocycles. The summed E-state index contributed by atoms with van der Waals surface area (Å²) in [5.41, 5.74) is -1.01. The molecule has 0 aromatic carbocycles. The lowest BCUT2D eigenvalue weighted by Gasteiger charge is -2.44. The number of aliphatic hydroxyl groups is 1. The molecule has 1 aliphatic heterocycles. The average molecular weight is 255 g/mol. The molecule has 2 rings (SSSR count). The Kier molecular flexibility index (Phi) is 3.34. The summed E-state index contributed by atoms with van der Waals surface area (Å²) in [6.07, 6.45) is 2.59. The molecular formula is C14H25NO3. The molecule has 1 heterocycles. The third kappa shape index (κ3) is 2.35. The van der Waals surface area contributed by atoms with Gasteiger partial charge in [0.05, 0.1) is 5.60 Å². The number of ether oxygens (including phenoxy) is 1. The van der Waals surface area contributed by atoms with E-state index in [9.17, 15) is 9.90 Å². The number of fused-ring (bicyclic) bond motifs is 2. The van der Waals surface area contributed by atoms with Gasteiger partial charge < -0.3 is 14.7 Å². The third-order valence-electron chi connectivity index (χ3n) is 4.38. The number of nitrogens with zero attached hydrogens (tertiary/aromatic N) is 1. The van der Waals surface area contributed by atoms with Gasteiger partial charge in [0.1, 0.15) is 5.60 Å². The summed E-state index contributed by atoms with van der Waals surface area (Å²) in [6.45, 7) is 8.95. The molecule has 2 aliphatic rings. The van der Waals surface area contributed by atoms with Gasteiger partial charge in [-0.3, -0.25) is 0 Å². The maximum absolute atomic E-state index is 12.1. The smallest absolute Gasteiger partial charge is 0.410 e. The van der Waals surface area contributed by atoms with Crippen molar-refractivity contribution in [2.45, 2.75) is 58.2 Å². The van der Waals surface area contributed by atoms with Crippen molar-refractivity contribution in [2.24, 2.45) is 11.8 Å². The van der Waals surface area contributed by atoms with Crippen LogP contribution in [0.3, 0.4) is 0 Å². The van der Waals surface area contributed by atoms with Crippen LogP contribution in [-0.2, 0) is 4.74 Å². The maximum Gasteiger partial charge on any atom is 0.410 e. The fourth-order valence-corrected chi connectivity index (χ4v) is 3.39. The van der Waals surface area contributed by atoms with Crippen LogP contribution in [0.1, 0.15) is 47.0 Å². The third-order valence-corrected chi connectivity index (χ3v) is 4.38. The average Bonchev–Trinajstić information content (AvgIpc) is 2.48. The van der Waals surface area contributed by atoms with Gasteiger partial charge in [0.15, 0.2) is 0 Å². The minimum atomic E-state index is -0.557. The Morgan fingerprint density at radius 1 is 1.33 bits per heavy atom. The molecule has 4 heteroatoms. The Labute approximate surface area is 109 Å². The van der Waals surface area contributed by atoms with Gasteiger partial charge in [0.25, 0.3) is 0 Å². The van der Waals surface area contributed by atoms with Crippen molar-refractivity contribution in [2.75, 3.05) is 13.1 Å². The number of likely N-dealkylation sites (tertiary alicyclic amines) is 1. The van der Waals surface area contributed by atoms with Crippen molar-refractivity contribution in [1.29, 1.82) is 0 Å². The van der Waals surface area contributed by atoms with Crippen molar-refractivity contribution in [3.8, 4) is 0 Å². The number of carbonyl (C=O) groups excluding carboxylic acids is 1. The standard InChI is InChI=1S/C14H25NO3/c1-5-14(17)10-6-7-11(14)9-15(8-10)12(16)18-13(2,3)4/h10-11,17H,5-9H2,1-4H3. The topological polar surface area (TPSA) is 49.8 Å². The predicted molar refractivity (Wildman–Crippen MR) is 69.3 cm³/mol. The van der Waals surface area contributed by atoms with Crippen LogP contribution in [0.2, 0.25) is 0 Å². The number of piperidine rings is 1. The van der Waals surface area contributed by atoms with E-state index < -0.39 is 11.2 Å². The molecule has 0 spiro atoms. The lowest BCUT2D eigenvalue weighted by Crippen LogP contribution is -2.55. The monoisotopic (exact) mass is 255 g/mol. The molecule has 0 aromatic rings. The Morgan fingerprint density at radius 3 is 2.22 bits per heavy atom. The van der Waals surface area contributed by atoms with E-state index in [1.54, 1.807) is 4.90 Å². The van der Waals surface area contributed by atoms with E-state index in [-0.39, 0.29) is 17.9 Å². The van der Waals surface area contributed by atoms with E-state index in [0.29, 0.717) is 13.1 Å². The number of rotatable bonds is 1. The lowest BCUT2D eigenvalue weighted by atomic mass is 9.78. The van der Waals surface area contributed by atoms with E-state index in [2.05, 4.69) is 0 Å². The van der Waals surface area contributed by atoms with Crippen LogP contribution < -0.4 is 0 Å². The fourth-order valence-electron chi connectivity index (χ4n) is 3.39. The number of carbonyl (C=O) groups is 1. The summed E-state index contributed by atoms with van der Waals surface area (Å²) in [6, 6.07) is 0. The lowest BCUT2D eigenvalue weighted by molar-refractivity contribution is -0.0864. The van der Waals surface area contributed by atoms with Crippen molar-refractivity contribution >= 4 is 6.09 Å². The van der Waals surface area contributed by atoms with Crippen LogP contribution in [0, 0.1) is 11.8 Å². The highest BCUT2D eigenvalue weighted by molar-refractivity contribution is 5.68. The van der Waals surface area contributed by atoms with Gasteiger partial charge >= 0.3 is 6.09 Å². The second-order valence-corrected chi connectivity index (χ2v) is 6.70. The van der Waals surface area contributed by atoms with Crippen molar-refractivity contribution in [1.82, 2.24) is 4.90 Å². The Bertz CT molecular complexity index is 320. The van der Waals surface area contributed by atoms with Crippen LogP contribution in [0.4, 0.5) is 4.79 Å². The summed E-state index contributed by atoms with van der Waals surface area (Å²) in [5.74, 6) is 0.433. The fraction of sp³-hybridized carbons (Fsp3) is 0.929. The number of amides is 1.